The van der Waals surface area contributed by atoms with Crippen LogP contribution in [-0.2, 0) is 6.80 Å². The quantitative estimate of drug-likeness (QED) is 0.582. The first-order valence-electron chi connectivity index (χ1n) is 2.78. The van der Waals surface area contributed by atoms with Crippen molar-refractivity contribution in [2.24, 2.45) is 0 Å². The molecule has 0 radical (unpaired) electrons. The van der Waals surface area contributed by atoms with Gasteiger partial charge in [-0.25, -0.2) is 9.07 Å². The van der Waals surface area contributed by atoms with E-state index in [1.165, 1.54) is 6.20 Å². The van der Waals surface area contributed by atoms with Crippen LogP contribution in [0.4, 0.5) is 4.39 Å². The molecular formula is C6H6FN3. The molecule has 1 aromatic rings. The summed E-state index contributed by atoms with van der Waals surface area (Å²) in [5.74, 6) is 0. The van der Waals surface area contributed by atoms with Gasteiger partial charge in [0.15, 0.2) is 6.80 Å². The predicted molar refractivity (Wildman–Crippen MR) is 32.8 cm³/mol. The number of hydrogen-bond donors (Lipinski definition) is 0. The molecule has 1 heterocycles. The van der Waals surface area contributed by atoms with Crippen LogP contribution >= 0.6 is 0 Å². The first-order chi connectivity index (χ1) is 4.79. The van der Waals surface area contributed by atoms with Gasteiger partial charge in [0, 0.05) is 5.56 Å². The van der Waals surface area contributed by atoms with E-state index in [0.717, 1.165) is 4.68 Å². The molecule has 0 saturated carbocycles. The lowest BCUT2D eigenvalue weighted by atomic mass is 10.3. The van der Waals surface area contributed by atoms with Gasteiger partial charge in [-0.3, -0.25) is 0 Å². The van der Waals surface area contributed by atoms with E-state index < -0.39 is 6.80 Å². The minimum absolute atomic E-state index is 0.294. The number of halogens is 1. The van der Waals surface area contributed by atoms with E-state index in [9.17, 15) is 4.39 Å². The maximum Gasteiger partial charge on any atom is 0.182 e. The van der Waals surface area contributed by atoms with Gasteiger partial charge in [0.1, 0.15) is 11.8 Å². The Morgan fingerprint density at radius 3 is 3.00 bits per heavy atom. The number of hydrogen-bond acceptors (Lipinski definition) is 2. The fourth-order valence-electron chi connectivity index (χ4n) is 0.715. The van der Waals surface area contributed by atoms with Gasteiger partial charge in [0.05, 0.1) is 6.20 Å². The minimum atomic E-state index is -0.739. The lowest BCUT2D eigenvalue weighted by Gasteiger charge is -1.91. The van der Waals surface area contributed by atoms with E-state index in [0.29, 0.717) is 11.3 Å². The SMILES string of the molecule is Cc1cnn(CF)c1C#N. The Morgan fingerprint density at radius 1 is 1.90 bits per heavy atom. The number of rotatable bonds is 1. The number of nitriles is 1. The lowest BCUT2D eigenvalue weighted by molar-refractivity contribution is 0.347. The zero-order valence-corrected chi connectivity index (χ0v) is 5.50. The molecule has 0 aromatic carbocycles. The van der Waals surface area contributed by atoms with E-state index >= 15 is 0 Å². The Bertz CT molecular complexity index is 271. The van der Waals surface area contributed by atoms with Crippen LogP contribution < -0.4 is 0 Å². The molecule has 10 heavy (non-hydrogen) atoms. The van der Waals surface area contributed by atoms with Crippen molar-refractivity contribution in [2.45, 2.75) is 13.7 Å². The Labute approximate surface area is 57.7 Å². The standard InChI is InChI=1S/C6H6FN3/c1-5-3-9-10(4-7)6(5)2-8/h3H,4H2,1H3. The van der Waals surface area contributed by atoms with Gasteiger partial charge < -0.3 is 0 Å². The second-order valence-corrected chi connectivity index (χ2v) is 1.91. The molecule has 0 aliphatic rings. The molecule has 52 valence electrons. The highest BCUT2D eigenvalue weighted by Crippen LogP contribution is 2.04. The highest BCUT2D eigenvalue weighted by molar-refractivity contribution is 5.28. The third-order valence-corrected chi connectivity index (χ3v) is 1.24. The molecule has 0 unspecified atom stereocenters. The van der Waals surface area contributed by atoms with Gasteiger partial charge in [-0.1, -0.05) is 0 Å². The summed E-state index contributed by atoms with van der Waals surface area (Å²) in [5, 5.41) is 12.1. The first-order valence-corrected chi connectivity index (χ1v) is 2.78. The normalized spacial score (nSPS) is 9.30. The Kier molecular flexibility index (Phi) is 1.67. The van der Waals surface area contributed by atoms with Crippen molar-refractivity contribution < 1.29 is 4.39 Å². The van der Waals surface area contributed by atoms with Gasteiger partial charge in [0.25, 0.3) is 0 Å². The molecule has 1 aromatic heterocycles. The van der Waals surface area contributed by atoms with Gasteiger partial charge in [-0.05, 0) is 6.92 Å². The fraction of sp³-hybridized carbons (Fsp3) is 0.333. The van der Waals surface area contributed by atoms with Crippen molar-refractivity contribution in [3.8, 4) is 6.07 Å². The monoisotopic (exact) mass is 139 g/mol. The highest BCUT2D eigenvalue weighted by Gasteiger charge is 2.03. The smallest absolute Gasteiger partial charge is 0.182 e. The number of alkyl halides is 1. The topological polar surface area (TPSA) is 41.6 Å². The molecule has 0 fully saturated rings. The molecule has 0 spiro atoms. The zero-order chi connectivity index (χ0) is 7.56. The lowest BCUT2D eigenvalue weighted by Crippen LogP contribution is -1.98. The van der Waals surface area contributed by atoms with E-state index in [2.05, 4.69) is 5.10 Å². The molecule has 4 heteroatoms. The highest BCUT2D eigenvalue weighted by atomic mass is 19.1. The van der Waals surface area contributed by atoms with Gasteiger partial charge >= 0.3 is 0 Å². The zero-order valence-electron chi connectivity index (χ0n) is 5.50. The molecule has 0 saturated heterocycles. The summed E-state index contributed by atoms with van der Waals surface area (Å²) in [6.45, 7) is 0.981. The maximum absolute atomic E-state index is 11.9. The number of aryl methyl sites for hydroxylation is 1. The van der Waals surface area contributed by atoms with Crippen molar-refractivity contribution in [1.29, 1.82) is 5.26 Å². The van der Waals surface area contributed by atoms with Crippen LogP contribution in [0.25, 0.3) is 0 Å². The second-order valence-electron chi connectivity index (χ2n) is 1.91. The van der Waals surface area contributed by atoms with Crippen molar-refractivity contribution in [1.82, 2.24) is 9.78 Å². The molecule has 0 amide bonds. The summed E-state index contributed by atoms with van der Waals surface area (Å²) < 4.78 is 13.0. The predicted octanol–water partition coefficient (Wildman–Crippen LogP) is 0.990. The molecular weight excluding hydrogens is 133 g/mol. The second kappa shape index (κ2) is 2.48. The van der Waals surface area contributed by atoms with E-state index in [1.54, 1.807) is 6.92 Å². The molecule has 1 rings (SSSR count). The van der Waals surface area contributed by atoms with E-state index in [4.69, 9.17) is 5.26 Å². The Hall–Kier alpha value is -1.37. The molecule has 0 N–H and O–H groups in total. The largest absolute Gasteiger partial charge is 0.225 e. The van der Waals surface area contributed by atoms with Crippen molar-refractivity contribution in [2.75, 3.05) is 0 Å². The minimum Gasteiger partial charge on any atom is -0.225 e. The third kappa shape index (κ3) is 0.860. The number of aromatic nitrogens is 2. The summed E-state index contributed by atoms with van der Waals surface area (Å²) in [6, 6.07) is 1.86. The van der Waals surface area contributed by atoms with E-state index in [1.807, 2.05) is 6.07 Å². The van der Waals surface area contributed by atoms with Crippen LogP contribution in [0.5, 0.6) is 0 Å². The summed E-state index contributed by atoms with van der Waals surface area (Å²) in [4.78, 5) is 0. The summed E-state index contributed by atoms with van der Waals surface area (Å²) in [6.07, 6.45) is 1.47. The van der Waals surface area contributed by atoms with Crippen molar-refractivity contribution >= 4 is 0 Å². The van der Waals surface area contributed by atoms with Crippen LogP contribution in [-0.4, -0.2) is 9.78 Å². The van der Waals surface area contributed by atoms with Crippen molar-refractivity contribution in [3.63, 3.8) is 0 Å². The Balaban J connectivity index is 3.17. The molecule has 3 nitrogen and oxygen atoms in total. The average Bonchev–Trinajstić information content (AvgIpc) is 2.30. The third-order valence-electron chi connectivity index (χ3n) is 1.24. The molecule has 0 atom stereocenters. The average molecular weight is 139 g/mol. The summed E-state index contributed by atoms with van der Waals surface area (Å²) in [5.41, 5.74) is 1.00. The van der Waals surface area contributed by atoms with Crippen LogP contribution in [0.15, 0.2) is 6.20 Å². The summed E-state index contributed by atoms with van der Waals surface area (Å²) in [7, 11) is 0. The van der Waals surface area contributed by atoms with Crippen LogP contribution in [0.3, 0.4) is 0 Å². The first kappa shape index (κ1) is 6.75. The molecule has 0 aliphatic carbocycles. The molecule has 0 aliphatic heterocycles. The van der Waals surface area contributed by atoms with Gasteiger partial charge in [0.2, 0.25) is 0 Å². The molecule has 0 bridgehead atoms. The fourth-order valence-corrected chi connectivity index (χ4v) is 0.715. The summed E-state index contributed by atoms with van der Waals surface area (Å²) >= 11 is 0. The van der Waals surface area contributed by atoms with Gasteiger partial charge in [-0.15, -0.1) is 0 Å². The van der Waals surface area contributed by atoms with Crippen LogP contribution in [0.2, 0.25) is 0 Å². The maximum atomic E-state index is 11.9. The van der Waals surface area contributed by atoms with Crippen LogP contribution in [0.1, 0.15) is 11.3 Å². The van der Waals surface area contributed by atoms with Crippen molar-refractivity contribution in [3.05, 3.63) is 17.5 Å². The van der Waals surface area contributed by atoms with Gasteiger partial charge in [-0.2, -0.15) is 10.4 Å². The number of nitrogens with zero attached hydrogens (tertiary/aromatic N) is 3. The Morgan fingerprint density at radius 2 is 2.60 bits per heavy atom. The van der Waals surface area contributed by atoms with Crippen LogP contribution in [0, 0.1) is 18.3 Å². The van der Waals surface area contributed by atoms with E-state index in [-0.39, 0.29) is 0 Å².